The number of amides is 4. The largest absolute Gasteiger partial charge is 0.462 e. The molecule has 0 aliphatic heterocycles. The van der Waals surface area contributed by atoms with Crippen LogP contribution in [0.2, 0.25) is 0 Å². The molecule has 0 aliphatic carbocycles. The Morgan fingerprint density at radius 1 is 0.519 bits per heavy atom. The zero-order valence-electron chi connectivity index (χ0n) is 34.4. The van der Waals surface area contributed by atoms with E-state index >= 15 is 0 Å². The summed E-state index contributed by atoms with van der Waals surface area (Å²) in [6.07, 6.45) is 15.8. The normalized spacial score (nSPS) is 11.5. The zero-order valence-corrected chi connectivity index (χ0v) is 34.4. The molecular weight excluding hydrogens is 664 g/mol. The Morgan fingerprint density at radius 2 is 0.846 bits per heavy atom. The first kappa shape index (κ1) is 52.4. The summed E-state index contributed by atoms with van der Waals surface area (Å²) in [6, 6.07) is 0. The van der Waals surface area contributed by atoms with Gasteiger partial charge in [-0.15, -0.1) is 0 Å². The second-order valence-electron chi connectivity index (χ2n) is 13.8. The molecule has 0 saturated heterocycles. The maximum absolute atomic E-state index is 11.2. The first-order valence-electron chi connectivity index (χ1n) is 18.6. The van der Waals surface area contributed by atoms with Gasteiger partial charge in [-0.25, -0.2) is 9.59 Å². The Hall–Kier alpha value is -3.96. The molecular formula is C40H72N4O8. The van der Waals surface area contributed by atoms with Gasteiger partial charge in [0.2, 0.25) is 0 Å². The molecule has 3 unspecified atom stereocenters. The molecule has 52 heavy (non-hydrogen) atoms. The highest BCUT2D eigenvalue weighted by Gasteiger charge is 2.14. The lowest BCUT2D eigenvalue weighted by Crippen LogP contribution is -2.38. The van der Waals surface area contributed by atoms with Gasteiger partial charge in [0.1, 0.15) is 0 Å². The summed E-state index contributed by atoms with van der Waals surface area (Å²) in [5, 5.41) is 9.99. The van der Waals surface area contributed by atoms with Crippen LogP contribution in [0.15, 0.2) is 34.9 Å². The average Bonchev–Trinajstić information content (AvgIpc) is 3.07. The molecule has 0 aromatic heterocycles. The lowest BCUT2D eigenvalue weighted by Gasteiger charge is -2.10. The molecule has 0 fully saturated rings. The SMILES string of the molecule is CCOC(=O)C(=O)NCCC(C)CCC=C(C)C.CNC(=O)C(=O)NCCC(C)CCC=C(C)C.COC(=O)C(=O)NCCC(C)CCC=C(C)C. The second-order valence-corrected chi connectivity index (χ2v) is 13.8. The highest BCUT2D eigenvalue weighted by molar-refractivity contribution is 6.35. The van der Waals surface area contributed by atoms with Crippen LogP contribution in [0.1, 0.15) is 127 Å². The van der Waals surface area contributed by atoms with Crippen molar-refractivity contribution in [2.75, 3.05) is 40.4 Å². The van der Waals surface area contributed by atoms with Crippen molar-refractivity contribution in [2.45, 2.75) is 127 Å². The van der Waals surface area contributed by atoms with Gasteiger partial charge in [0.05, 0.1) is 13.7 Å². The number of allylic oxidation sites excluding steroid dienone is 6. The van der Waals surface area contributed by atoms with Crippen LogP contribution in [0, 0.1) is 17.8 Å². The minimum Gasteiger partial charge on any atom is -0.462 e. The number of likely N-dealkylation sites (N-methyl/N-ethyl adjacent to an activating group) is 1. The molecule has 12 heteroatoms. The fourth-order valence-electron chi connectivity index (χ4n) is 4.33. The van der Waals surface area contributed by atoms with Crippen molar-refractivity contribution in [1.82, 2.24) is 21.3 Å². The van der Waals surface area contributed by atoms with Crippen molar-refractivity contribution < 1.29 is 38.2 Å². The number of methoxy groups -OCH3 is 1. The van der Waals surface area contributed by atoms with Crippen LogP contribution in [0.3, 0.4) is 0 Å². The van der Waals surface area contributed by atoms with Gasteiger partial charge in [0.15, 0.2) is 0 Å². The van der Waals surface area contributed by atoms with E-state index in [1.165, 1.54) is 30.9 Å². The van der Waals surface area contributed by atoms with E-state index < -0.39 is 35.6 Å². The second kappa shape index (κ2) is 34.1. The fraction of sp³-hybridized carbons (Fsp3) is 0.700. The van der Waals surface area contributed by atoms with Gasteiger partial charge in [0.25, 0.3) is 0 Å². The quantitative estimate of drug-likeness (QED) is 0.0700. The molecule has 0 bridgehead atoms. The Balaban J connectivity index is -0.000000693. The number of hydrogen-bond donors (Lipinski definition) is 4. The molecule has 0 rings (SSSR count). The standard InChI is InChI=1S/C14H25NO3.C13H24N2O2.C13H23NO3/c1-5-18-14(17)13(16)15-10-9-12(4)8-6-7-11(2)3;1-10(2)6-5-7-11(3)8-9-15-13(17)12(16)14-4;1-10(2)6-5-7-11(3)8-9-14-12(15)13(16)17-4/h7,12H,5-6,8-10H2,1-4H3,(H,15,16);6,11H,5,7-9H2,1-4H3,(H,14,16)(H,15,17);6,11H,5,7-9H2,1-4H3,(H,14,15). The Labute approximate surface area is 314 Å². The lowest BCUT2D eigenvalue weighted by atomic mass is 10.0. The van der Waals surface area contributed by atoms with Crippen LogP contribution < -0.4 is 21.3 Å². The number of carbonyl (C=O) groups excluding carboxylic acids is 6. The summed E-state index contributed by atoms with van der Waals surface area (Å²) in [6.45, 7) is 22.5. The lowest BCUT2D eigenvalue weighted by molar-refractivity contribution is -0.154. The van der Waals surface area contributed by atoms with Crippen molar-refractivity contribution in [3.8, 4) is 0 Å². The molecule has 0 aromatic rings. The predicted octanol–water partition coefficient (Wildman–Crippen LogP) is 6.11. The number of ether oxygens (including phenoxy) is 2. The van der Waals surface area contributed by atoms with E-state index in [1.54, 1.807) is 6.92 Å². The topological polar surface area (TPSA) is 169 Å². The molecule has 0 aromatic carbocycles. The van der Waals surface area contributed by atoms with Gasteiger partial charge in [-0.2, -0.15) is 0 Å². The van der Waals surface area contributed by atoms with Crippen LogP contribution >= 0.6 is 0 Å². The number of carbonyl (C=O) groups is 6. The van der Waals surface area contributed by atoms with E-state index in [0.717, 1.165) is 57.8 Å². The first-order chi connectivity index (χ1) is 24.4. The Morgan fingerprint density at radius 3 is 1.13 bits per heavy atom. The molecule has 300 valence electrons. The molecule has 0 heterocycles. The van der Waals surface area contributed by atoms with E-state index in [9.17, 15) is 28.8 Å². The van der Waals surface area contributed by atoms with Gasteiger partial charge >= 0.3 is 35.6 Å². The van der Waals surface area contributed by atoms with Gasteiger partial charge in [-0.05, 0) is 124 Å². The summed E-state index contributed by atoms with van der Waals surface area (Å²) in [4.78, 5) is 66.1. The van der Waals surface area contributed by atoms with Crippen molar-refractivity contribution in [3.05, 3.63) is 34.9 Å². The van der Waals surface area contributed by atoms with Crippen LogP contribution in [0.25, 0.3) is 0 Å². The molecule has 3 atom stereocenters. The fourth-order valence-corrected chi connectivity index (χ4v) is 4.33. The van der Waals surface area contributed by atoms with E-state index in [2.05, 4.69) is 111 Å². The van der Waals surface area contributed by atoms with Crippen LogP contribution in [0.4, 0.5) is 0 Å². The van der Waals surface area contributed by atoms with Gasteiger partial charge in [-0.3, -0.25) is 19.2 Å². The summed E-state index contributed by atoms with van der Waals surface area (Å²) in [7, 11) is 2.65. The average molecular weight is 737 g/mol. The highest BCUT2D eigenvalue weighted by atomic mass is 16.5. The van der Waals surface area contributed by atoms with Gasteiger partial charge in [0, 0.05) is 26.7 Å². The smallest absolute Gasteiger partial charge is 0.396 e. The minimum atomic E-state index is -0.831. The summed E-state index contributed by atoms with van der Waals surface area (Å²) in [5.41, 5.74) is 4.00. The van der Waals surface area contributed by atoms with Crippen molar-refractivity contribution >= 4 is 35.6 Å². The van der Waals surface area contributed by atoms with E-state index in [0.29, 0.717) is 37.4 Å². The predicted molar refractivity (Wildman–Crippen MR) is 209 cm³/mol. The third kappa shape index (κ3) is 35.9. The summed E-state index contributed by atoms with van der Waals surface area (Å²) >= 11 is 0. The molecule has 0 saturated carbocycles. The summed E-state index contributed by atoms with van der Waals surface area (Å²) < 4.78 is 8.90. The Bertz CT molecular complexity index is 1080. The zero-order chi connectivity index (χ0) is 40.5. The third-order valence-corrected chi connectivity index (χ3v) is 7.67. The van der Waals surface area contributed by atoms with E-state index in [4.69, 9.17) is 0 Å². The molecule has 4 N–H and O–H groups in total. The maximum atomic E-state index is 11.2. The van der Waals surface area contributed by atoms with Crippen LogP contribution in [0.5, 0.6) is 0 Å². The number of hydrogen-bond acceptors (Lipinski definition) is 8. The maximum Gasteiger partial charge on any atom is 0.396 e. The monoisotopic (exact) mass is 737 g/mol. The van der Waals surface area contributed by atoms with Gasteiger partial charge in [-0.1, -0.05) is 55.7 Å². The number of rotatable bonds is 19. The first-order valence-corrected chi connectivity index (χ1v) is 18.6. The van der Waals surface area contributed by atoms with Crippen molar-refractivity contribution in [3.63, 3.8) is 0 Å². The summed E-state index contributed by atoms with van der Waals surface area (Å²) in [5.74, 6) is -2.46. The number of esters is 2. The molecule has 12 nitrogen and oxygen atoms in total. The molecule has 0 radical (unpaired) electrons. The van der Waals surface area contributed by atoms with Gasteiger partial charge < -0.3 is 30.7 Å². The van der Waals surface area contributed by atoms with Crippen molar-refractivity contribution in [1.29, 1.82) is 0 Å². The minimum absolute atomic E-state index is 0.228. The van der Waals surface area contributed by atoms with Crippen molar-refractivity contribution in [2.24, 2.45) is 17.8 Å². The Kier molecular flexibility index (Phi) is 34.4. The molecule has 4 amide bonds. The van der Waals surface area contributed by atoms with Crippen LogP contribution in [-0.4, -0.2) is 76.0 Å². The number of nitrogens with one attached hydrogen (secondary N) is 4. The third-order valence-electron chi connectivity index (χ3n) is 7.67. The van der Waals surface area contributed by atoms with E-state index in [1.807, 2.05) is 0 Å². The molecule has 0 aliphatic rings. The van der Waals surface area contributed by atoms with E-state index in [-0.39, 0.29) is 6.61 Å². The molecule has 0 spiro atoms. The highest BCUT2D eigenvalue weighted by Crippen LogP contribution is 2.12. The van der Waals surface area contributed by atoms with Crippen LogP contribution in [-0.2, 0) is 38.2 Å².